The van der Waals surface area contributed by atoms with Gasteiger partial charge in [-0.3, -0.25) is 29.0 Å². The predicted molar refractivity (Wildman–Crippen MR) is 216 cm³/mol. The number of fused-ring (bicyclic) bond motifs is 2. The van der Waals surface area contributed by atoms with E-state index in [4.69, 9.17) is 9.47 Å². The Morgan fingerprint density at radius 2 is 1.74 bits per heavy atom. The van der Waals surface area contributed by atoms with Crippen molar-refractivity contribution in [3.63, 3.8) is 0 Å². The van der Waals surface area contributed by atoms with Crippen LogP contribution in [0.1, 0.15) is 35.3 Å². The van der Waals surface area contributed by atoms with Gasteiger partial charge in [0, 0.05) is 50.0 Å². The van der Waals surface area contributed by atoms with E-state index in [0.717, 1.165) is 28.1 Å². The zero-order chi connectivity index (χ0) is 43.6. The Morgan fingerprint density at radius 1 is 0.984 bits per heavy atom. The van der Waals surface area contributed by atoms with Crippen LogP contribution in [0.4, 0.5) is 27.6 Å². The lowest BCUT2D eigenvalue weighted by Gasteiger charge is -2.38. The van der Waals surface area contributed by atoms with Gasteiger partial charge in [0.15, 0.2) is 0 Å². The molecule has 2 atom stereocenters. The molecular weight excluding hydrogens is 806 g/mol. The van der Waals surface area contributed by atoms with E-state index in [1.54, 1.807) is 24.3 Å². The number of hydrogen-bond acceptors (Lipinski definition) is 10. The number of ether oxygens (including phenoxy) is 2. The minimum absolute atomic E-state index is 0.120. The number of pyridine rings is 2. The molecule has 0 saturated carbocycles. The van der Waals surface area contributed by atoms with Gasteiger partial charge in [0.2, 0.25) is 0 Å². The topological polar surface area (TPSA) is 141 Å². The Hall–Kier alpha value is -6.53. The van der Waals surface area contributed by atoms with Gasteiger partial charge in [0.1, 0.15) is 35.0 Å². The van der Waals surface area contributed by atoms with E-state index in [-0.39, 0.29) is 41.9 Å². The van der Waals surface area contributed by atoms with Gasteiger partial charge < -0.3 is 19.7 Å². The normalized spacial score (nSPS) is 15.0. The van der Waals surface area contributed by atoms with Crippen molar-refractivity contribution in [1.29, 1.82) is 0 Å². The maximum Gasteiger partial charge on any atom is 0.411 e. The van der Waals surface area contributed by atoms with Crippen molar-refractivity contribution in [2.75, 3.05) is 37.7 Å². The van der Waals surface area contributed by atoms with Gasteiger partial charge in [0.05, 0.1) is 41.5 Å². The molecular formula is C43H40F5N7O6. The average molecular weight is 846 g/mol. The first-order chi connectivity index (χ1) is 29.2. The number of aryl methyl sites for hydroxylation is 1. The Bertz CT molecular complexity index is 2730. The smallest absolute Gasteiger partial charge is 0.411 e. The molecule has 13 nitrogen and oxygen atoms in total. The number of anilines is 1. The quantitative estimate of drug-likeness (QED) is 0.0959. The number of nitrogens with one attached hydrogen (secondary N) is 1. The number of hydrogen-bond donors (Lipinski definition) is 1. The number of nitrogens with zero attached hydrogens (tertiary/aromatic N) is 6. The molecule has 0 spiro atoms. The van der Waals surface area contributed by atoms with Gasteiger partial charge in [0.25, 0.3) is 11.5 Å². The zero-order valence-electron chi connectivity index (χ0n) is 33.2. The van der Waals surface area contributed by atoms with Gasteiger partial charge in [-0.25, -0.2) is 22.9 Å². The van der Waals surface area contributed by atoms with Crippen molar-refractivity contribution in [2.45, 2.75) is 45.1 Å². The van der Waals surface area contributed by atoms with Crippen molar-refractivity contribution in [2.24, 2.45) is 7.05 Å². The summed E-state index contributed by atoms with van der Waals surface area (Å²) < 4.78 is 85.9. The summed E-state index contributed by atoms with van der Waals surface area (Å²) in [5.41, 5.74) is -1.09. The maximum atomic E-state index is 15.8. The van der Waals surface area contributed by atoms with E-state index >= 15 is 8.78 Å². The number of carbonyl (C=O) groups excluding carboxylic acids is 2. The van der Waals surface area contributed by atoms with Crippen LogP contribution in [-0.4, -0.2) is 87.0 Å². The molecule has 0 radical (unpaired) electrons. The fraction of sp³-hybridized carbons (Fsp3) is 0.302. The summed E-state index contributed by atoms with van der Waals surface area (Å²) in [6.45, 7) is 4.89. The summed E-state index contributed by atoms with van der Waals surface area (Å²) in [5, 5.41) is 2.97. The standard InChI is InChI=1S/C43H40F5N7O6/c1-4-53(5-2)23-25-8-6-9-28(18-25)61-41(58)33(51-39(56)37-31(44)20-27(21-32(37)45)54-16-17-60-24-36(54)43(46,47)48)19-26-11-12-34(38-29(26)10-7-14-50-38)55-40(57)30-13-15-49-22-35(30)52(3)42(55)59/h6-15,18,20-22,33,36H,4-5,16-17,19,23-24H2,1-3H3,(H,51,56)/t33-,36+/m0/s1. The van der Waals surface area contributed by atoms with E-state index in [2.05, 4.69) is 20.2 Å². The van der Waals surface area contributed by atoms with Gasteiger partial charge in [-0.1, -0.05) is 38.1 Å². The van der Waals surface area contributed by atoms with Crippen LogP contribution in [0.5, 0.6) is 5.75 Å². The number of benzene rings is 3. The number of halogens is 5. The molecule has 7 rings (SSSR count). The number of carbonyl (C=O) groups is 2. The van der Waals surface area contributed by atoms with Crippen LogP contribution < -0.4 is 26.2 Å². The summed E-state index contributed by atoms with van der Waals surface area (Å²) in [5.74, 6) is -5.19. The highest BCUT2D eigenvalue weighted by atomic mass is 19.4. The Labute approximate surface area is 345 Å². The third-order valence-electron chi connectivity index (χ3n) is 10.7. The van der Waals surface area contributed by atoms with Crippen LogP contribution in [0.25, 0.3) is 27.5 Å². The number of morpholine rings is 1. The van der Waals surface area contributed by atoms with E-state index in [0.29, 0.717) is 35.1 Å². The molecule has 3 aromatic heterocycles. The van der Waals surface area contributed by atoms with E-state index in [9.17, 15) is 32.3 Å². The SMILES string of the molecule is CCN(CC)Cc1cccc(OC(=O)[C@H](Cc2ccc(-n3c(=O)c4ccncc4n(C)c3=O)c3ncccc23)NC(=O)c2c(F)cc(N3CCOC[C@@H]3C(F)(F)F)cc2F)c1. The fourth-order valence-corrected chi connectivity index (χ4v) is 7.45. The Morgan fingerprint density at radius 3 is 2.46 bits per heavy atom. The van der Waals surface area contributed by atoms with Crippen LogP contribution in [-0.2, 0) is 29.5 Å². The minimum Gasteiger partial charge on any atom is -0.425 e. The van der Waals surface area contributed by atoms with Gasteiger partial charge in [-0.05, 0) is 66.7 Å². The zero-order valence-corrected chi connectivity index (χ0v) is 33.2. The van der Waals surface area contributed by atoms with E-state index in [1.165, 1.54) is 54.5 Å². The molecule has 6 aromatic rings. The highest BCUT2D eigenvalue weighted by Gasteiger charge is 2.46. The van der Waals surface area contributed by atoms with Crippen molar-refractivity contribution >= 4 is 39.4 Å². The predicted octanol–water partition coefficient (Wildman–Crippen LogP) is 5.47. The van der Waals surface area contributed by atoms with Crippen molar-refractivity contribution < 1.29 is 41.0 Å². The third-order valence-corrected chi connectivity index (χ3v) is 10.7. The third kappa shape index (κ3) is 8.72. The molecule has 318 valence electrons. The van der Waals surface area contributed by atoms with E-state index in [1.807, 2.05) is 19.9 Å². The average Bonchev–Trinajstić information content (AvgIpc) is 3.24. The summed E-state index contributed by atoms with van der Waals surface area (Å²) in [6.07, 6.45) is -0.858. The minimum atomic E-state index is -4.78. The van der Waals surface area contributed by atoms with Crippen LogP contribution in [0, 0.1) is 11.6 Å². The number of esters is 1. The summed E-state index contributed by atoms with van der Waals surface area (Å²) in [7, 11) is 1.49. The van der Waals surface area contributed by atoms with Gasteiger partial charge in [-0.15, -0.1) is 0 Å². The molecule has 0 bridgehead atoms. The molecule has 61 heavy (non-hydrogen) atoms. The lowest BCUT2D eigenvalue weighted by atomic mass is 9.99. The molecule has 1 aliphatic heterocycles. The summed E-state index contributed by atoms with van der Waals surface area (Å²) in [6, 6.07) is 11.9. The lowest BCUT2D eigenvalue weighted by Crippen LogP contribution is -2.53. The first-order valence-electron chi connectivity index (χ1n) is 19.4. The summed E-state index contributed by atoms with van der Waals surface area (Å²) >= 11 is 0. The maximum absolute atomic E-state index is 15.8. The molecule has 4 heterocycles. The van der Waals surface area contributed by atoms with Crippen LogP contribution >= 0.6 is 0 Å². The monoisotopic (exact) mass is 845 g/mol. The first kappa shape index (κ1) is 42.6. The largest absolute Gasteiger partial charge is 0.425 e. The molecule has 1 N–H and O–H groups in total. The second-order valence-electron chi connectivity index (χ2n) is 14.4. The van der Waals surface area contributed by atoms with Crippen LogP contribution in [0.15, 0.2) is 94.9 Å². The van der Waals surface area contributed by atoms with Crippen LogP contribution in [0.2, 0.25) is 0 Å². The van der Waals surface area contributed by atoms with Crippen LogP contribution in [0.3, 0.4) is 0 Å². The fourth-order valence-electron chi connectivity index (χ4n) is 7.45. The van der Waals surface area contributed by atoms with E-state index < -0.39 is 70.9 Å². The van der Waals surface area contributed by atoms with Crippen molar-refractivity contribution in [3.8, 4) is 11.4 Å². The highest BCUT2D eigenvalue weighted by Crippen LogP contribution is 2.33. The Kier molecular flexibility index (Phi) is 12.3. The molecule has 1 saturated heterocycles. The number of rotatable bonds is 12. The molecule has 1 amide bonds. The molecule has 0 aliphatic carbocycles. The molecule has 18 heteroatoms. The molecule has 1 aliphatic rings. The summed E-state index contributed by atoms with van der Waals surface area (Å²) in [4.78, 5) is 66.6. The second kappa shape index (κ2) is 17.6. The lowest BCUT2D eigenvalue weighted by molar-refractivity contribution is -0.167. The molecule has 1 fully saturated rings. The molecule has 0 unspecified atom stereocenters. The first-order valence-corrected chi connectivity index (χ1v) is 19.4. The number of aromatic nitrogens is 4. The molecule has 3 aromatic carbocycles. The Balaban J connectivity index is 1.26. The van der Waals surface area contributed by atoms with Gasteiger partial charge in [-0.2, -0.15) is 13.2 Å². The van der Waals surface area contributed by atoms with Crippen molar-refractivity contribution in [3.05, 3.63) is 134 Å². The van der Waals surface area contributed by atoms with Gasteiger partial charge >= 0.3 is 17.8 Å². The number of alkyl halides is 3. The second-order valence-corrected chi connectivity index (χ2v) is 14.4. The number of amides is 1. The highest BCUT2D eigenvalue weighted by molar-refractivity contribution is 5.98. The van der Waals surface area contributed by atoms with Crippen molar-refractivity contribution in [1.82, 2.24) is 29.3 Å².